The van der Waals surface area contributed by atoms with E-state index < -0.39 is 12.1 Å². The Kier molecular flexibility index (Phi) is 4.98. The average Bonchev–Trinajstić information content (AvgIpc) is 2.56. The van der Waals surface area contributed by atoms with E-state index in [4.69, 9.17) is 9.84 Å². The molecule has 1 aliphatic rings. The lowest BCUT2D eigenvalue weighted by Gasteiger charge is -2.09. The standard InChI is InChI=1S/C11H16O5/c1-8-9(7-15-11(8)14)16-10(13)5-3-2-4-6-12/h9,12H,1-7H2. The molecule has 0 aromatic rings. The molecule has 1 unspecified atom stereocenters. The minimum absolute atomic E-state index is 0.0695. The lowest BCUT2D eigenvalue weighted by Crippen LogP contribution is -2.19. The van der Waals surface area contributed by atoms with Crippen molar-refractivity contribution in [3.8, 4) is 0 Å². The number of carbonyl (C=O) groups excluding carboxylic acids is 2. The van der Waals surface area contributed by atoms with E-state index in [-0.39, 0.29) is 31.2 Å². The quantitative estimate of drug-likeness (QED) is 0.408. The number of hydrogen-bond donors (Lipinski definition) is 1. The molecule has 0 amide bonds. The maximum atomic E-state index is 11.3. The van der Waals surface area contributed by atoms with Gasteiger partial charge in [0, 0.05) is 13.0 Å². The fraction of sp³-hybridized carbons (Fsp3) is 0.636. The number of cyclic esters (lactones) is 1. The van der Waals surface area contributed by atoms with Crippen LogP contribution < -0.4 is 0 Å². The molecule has 1 N–H and O–H groups in total. The van der Waals surface area contributed by atoms with Crippen molar-refractivity contribution < 1.29 is 24.2 Å². The van der Waals surface area contributed by atoms with Crippen LogP contribution in [0.5, 0.6) is 0 Å². The number of rotatable bonds is 6. The van der Waals surface area contributed by atoms with Crippen molar-refractivity contribution >= 4 is 11.9 Å². The number of aliphatic hydroxyl groups is 1. The first-order chi connectivity index (χ1) is 7.65. The third kappa shape index (κ3) is 3.66. The van der Waals surface area contributed by atoms with Crippen LogP contribution in [0.2, 0.25) is 0 Å². The Balaban J connectivity index is 2.19. The lowest BCUT2D eigenvalue weighted by atomic mass is 10.2. The fourth-order valence-electron chi connectivity index (χ4n) is 1.36. The predicted octanol–water partition coefficient (Wildman–Crippen LogP) is 0.564. The summed E-state index contributed by atoms with van der Waals surface area (Å²) < 4.78 is 9.70. The van der Waals surface area contributed by atoms with Gasteiger partial charge in [-0.3, -0.25) is 4.79 Å². The monoisotopic (exact) mass is 228 g/mol. The van der Waals surface area contributed by atoms with Gasteiger partial charge in [0.2, 0.25) is 0 Å². The van der Waals surface area contributed by atoms with Gasteiger partial charge in [-0.2, -0.15) is 0 Å². The Hall–Kier alpha value is -1.36. The van der Waals surface area contributed by atoms with Crippen molar-refractivity contribution in [1.82, 2.24) is 0 Å². The fourth-order valence-corrected chi connectivity index (χ4v) is 1.36. The first-order valence-electron chi connectivity index (χ1n) is 5.31. The zero-order valence-electron chi connectivity index (χ0n) is 9.11. The van der Waals surface area contributed by atoms with Gasteiger partial charge in [0.15, 0.2) is 6.10 Å². The summed E-state index contributed by atoms with van der Waals surface area (Å²) in [5.74, 6) is -0.861. The van der Waals surface area contributed by atoms with Crippen LogP contribution in [0.3, 0.4) is 0 Å². The molecule has 0 aromatic carbocycles. The molecule has 1 fully saturated rings. The first-order valence-corrected chi connectivity index (χ1v) is 5.31. The zero-order chi connectivity index (χ0) is 12.0. The van der Waals surface area contributed by atoms with E-state index in [0.29, 0.717) is 12.8 Å². The summed E-state index contributed by atoms with van der Waals surface area (Å²) in [4.78, 5) is 22.2. The van der Waals surface area contributed by atoms with E-state index in [9.17, 15) is 9.59 Å². The molecule has 0 aliphatic carbocycles. The van der Waals surface area contributed by atoms with Crippen LogP contribution in [0.25, 0.3) is 0 Å². The van der Waals surface area contributed by atoms with Crippen LogP contribution in [0.1, 0.15) is 25.7 Å². The van der Waals surface area contributed by atoms with Gasteiger partial charge in [-0.05, 0) is 12.8 Å². The Bertz CT molecular complexity index is 284. The Morgan fingerprint density at radius 3 is 2.81 bits per heavy atom. The molecule has 1 rings (SSSR count). The van der Waals surface area contributed by atoms with Crippen LogP contribution in [0, 0.1) is 0 Å². The van der Waals surface area contributed by atoms with Crippen molar-refractivity contribution in [2.45, 2.75) is 31.8 Å². The SMILES string of the molecule is C=C1C(=O)OCC1OC(=O)CCCCCO. The third-order valence-corrected chi connectivity index (χ3v) is 2.33. The zero-order valence-corrected chi connectivity index (χ0v) is 9.11. The highest BCUT2D eigenvalue weighted by Crippen LogP contribution is 2.16. The third-order valence-electron chi connectivity index (χ3n) is 2.33. The second kappa shape index (κ2) is 6.27. The van der Waals surface area contributed by atoms with Crippen LogP contribution in [0.4, 0.5) is 0 Å². The molecule has 5 nitrogen and oxygen atoms in total. The summed E-state index contributed by atoms with van der Waals surface area (Å²) in [6.45, 7) is 3.70. The largest absolute Gasteiger partial charge is 0.458 e. The highest BCUT2D eigenvalue weighted by molar-refractivity contribution is 5.91. The molecule has 90 valence electrons. The van der Waals surface area contributed by atoms with Crippen LogP contribution in [-0.2, 0) is 19.1 Å². The summed E-state index contributed by atoms with van der Waals surface area (Å²) in [5.41, 5.74) is 0.198. The van der Waals surface area contributed by atoms with E-state index in [1.54, 1.807) is 0 Å². The predicted molar refractivity (Wildman–Crippen MR) is 55.5 cm³/mol. The van der Waals surface area contributed by atoms with E-state index >= 15 is 0 Å². The summed E-state index contributed by atoms with van der Waals surface area (Å²) in [6, 6.07) is 0. The van der Waals surface area contributed by atoms with Crippen molar-refractivity contribution in [1.29, 1.82) is 0 Å². The van der Waals surface area contributed by atoms with Gasteiger partial charge in [-0.25, -0.2) is 4.79 Å². The van der Waals surface area contributed by atoms with Crippen molar-refractivity contribution in [3.63, 3.8) is 0 Å². The maximum Gasteiger partial charge on any atom is 0.337 e. The average molecular weight is 228 g/mol. The van der Waals surface area contributed by atoms with Gasteiger partial charge in [0.25, 0.3) is 0 Å². The second-order valence-electron chi connectivity index (χ2n) is 3.64. The molecule has 0 saturated carbocycles. The summed E-state index contributed by atoms with van der Waals surface area (Å²) in [6.07, 6.45) is 1.81. The van der Waals surface area contributed by atoms with Gasteiger partial charge in [-0.1, -0.05) is 13.0 Å². The number of ether oxygens (including phenoxy) is 2. The Labute approximate surface area is 94.0 Å². The number of hydrogen-bond acceptors (Lipinski definition) is 5. The second-order valence-corrected chi connectivity index (χ2v) is 3.64. The summed E-state index contributed by atoms with van der Waals surface area (Å²) >= 11 is 0. The normalized spacial score (nSPS) is 19.7. The van der Waals surface area contributed by atoms with E-state index in [1.807, 2.05) is 0 Å². The Morgan fingerprint density at radius 2 is 2.25 bits per heavy atom. The molecule has 0 spiro atoms. The minimum atomic E-state index is -0.627. The van der Waals surface area contributed by atoms with Crippen LogP contribution >= 0.6 is 0 Å². The molecular formula is C11H16O5. The highest BCUT2D eigenvalue weighted by Gasteiger charge is 2.31. The van der Waals surface area contributed by atoms with E-state index in [1.165, 1.54) is 0 Å². The van der Waals surface area contributed by atoms with Crippen LogP contribution in [-0.4, -0.2) is 36.4 Å². The number of aliphatic hydroxyl groups excluding tert-OH is 1. The number of esters is 2. The molecule has 1 aliphatic heterocycles. The molecule has 5 heteroatoms. The first kappa shape index (κ1) is 12.7. The van der Waals surface area contributed by atoms with Crippen molar-refractivity contribution in [2.24, 2.45) is 0 Å². The smallest absolute Gasteiger partial charge is 0.337 e. The van der Waals surface area contributed by atoms with Gasteiger partial charge in [0.05, 0.1) is 5.57 Å². The minimum Gasteiger partial charge on any atom is -0.458 e. The van der Waals surface area contributed by atoms with Gasteiger partial charge in [-0.15, -0.1) is 0 Å². The van der Waals surface area contributed by atoms with Crippen molar-refractivity contribution in [3.05, 3.63) is 12.2 Å². The van der Waals surface area contributed by atoms with Crippen molar-refractivity contribution in [2.75, 3.05) is 13.2 Å². The molecular weight excluding hydrogens is 212 g/mol. The molecule has 0 aromatic heterocycles. The number of unbranched alkanes of at least 4 members (excludes halogenated alkanes) is 2. The van der Waals surface area contributed by atoms with Crippen LogP contribution in [0.15, 0.2) is 12.2 Å². The Morgan fingerprint density at radius 1 is 1.50 bits per heavy atom. The molecule has 1 atom stereocenters. The summed E-state index contributed by atoms with van der Waals surface area (Å²) in [7, 11) is 0. The number of carbonyl (C=O) groups is 2. The molecule has 0 bridgehead atoms. The topological polar surface area (TPSA) is 72.8 Å². The van der Waals surface area contributed by atoms with E-state index in [2.05, 4.69) is 11.3 Å². The summed E-state index contributed by atoms with van der Waals surface area (Å²) in [5, 5.41) is 8.54. The molecule has 1 saturated heterocycles. The van der Waals surface area contributed by atoms with Gasteiger partial charge in [0.1, 0.15) is 6.61 Å². The molecule has 16 heavy (non-hydrogen) atoms. The lowest BCUT2D eigenvalue weighted by molar-refractivity contribution is -0.148. The molecule has 0 radical (unpaired) electrons. The van der Waals surface area contributed by atoms with Gasteiger partial charge >= 0.3 is 11.9 Å². The van der Waals surface area contributed by atoms with E-state index in [0.717, 1.165) is 6.42 Å². The molecule has 1 heterocycles. The van der Waals surface area contributed by atoms with Gasteiger partial charge < -0.3 is 14.6 Å². The maximum absolute atomic E-state index is 11.3. The highest BCUT2D eigenvalue weighted by atomic mass is 16.6.